The van der Waals surface area contributed by atoms with Crippen LogP contribution in [0.4, 0.5) is 0 Å². The van der Waals surface area contributed by atoms with E-state index in [0.717, 1.165) is 6.42 Å². The van der Waals surface area contributed by atoms with E-state index in [1.54, 1.807) is 0 Å². The van der Waals surface area contributed by atoms with Crippen LogP contribution >= 0.6 is 0 Å². The Morgan fingerprint density at radius 3 is 2.37 bits per heavy atom. The first kappa shape index (κ1) is 13.8. The maximum absolute atomic E-state index is 4.62. The van der Waals surface area contributed by atoms with Crippen LogP contribution in [0, 0.1) is 20.8 Å². The van der Waals surface area contributed by atoms with Crippen LogP contribution < -0.4 is 4.68 Å². The molecule has 19 heavy (non-hydrogen) atoms. The Morgan fingerprint density at radius 1 is 1.16 bits per heavy atom. The highest BCUT2D eigenvalue weighted by Crippen LogP contribution is 2.16. The number of aryl methyl sites for hydroxylation is 5. The van der Waals surface area contributed by atoms with Crippen molar-refractivity contribution in [2.75, 3.05) is 0 Å². The minimum atomic E-state index is 1.09. The Labute approximate surface area is 115 Å². The van der Waals surface area contributed by atoms with Gasteiger partial charge in [-0.2, -0.15) is 0 Å². The summed E-state index contributed by atoms with van der Waals surface area (Å²) in [5, 5.41) is 4.62. The summed E-state index contributed by atoms with van der Waals surface area (Å²) in [7, 11) is 2.03. The summed E-state index contributed by atoms with van der Waals surface area (Å²) >= 11 is 0. The number of hydrogen-bond donors (Lipinski definition) is 0. The number of nitrogens with zero attached hydrogens (tertiary/aromatic N) is 3. The molecule has 0 atom stereocenters. The van der Waals surface area contributed by atoms with Crippen molar-refractivity contribution in [1.82, 2.24) is 9.90 Å². The monoisotopic (exact) mass is 258 g/mol. The van der Waals surface area contributed by atoms with Crippen molar-refractivity contribution in [3.05, 3.63) is 40.7 Å². The Bertz CT molecular complexity index is 559. The van der Waals surface area contributed by atoms with Crippen LogP contribution in [0.15, 0.2) is 18.3 Å². The highest BCUT2D eigenvalue weighted by atomic mass is 15.5. The molecule has 0 fully saturated rings. The topological polar surface area (TPSA) is 21.7 Å². The van der Waals surface area contributed by atoms with Crippen LogP contribution in [0.25, 0.3) is 5.69 Å². The predicted molar refractivity (Wildman–Crippen MR) is 77.6 cm³/mol. The van der Waals surface area contributed by atoms with E-state index >= 15 is 0 Å². The fraction of sp³-hybridized carbons (Fsp3) is 0.500. The molecule has 1 aromatic heterocycles. The van der Waals surface area contributed by atoms with Gasteiger partial charge in [-0.25, -0.2) is 0 Å². The lowest BCUT2D eigenvalue weighted by molar-refractivity contribution is -0.662. The fourth-order valence-electron chi connectivity index (χ4n) is 2.68. The molecule has 0 bridgehead atoms. The molecule has 0 aliphatic rings. The predicted octanol–water partition coefficient (Wildman–Crippen LogP) is 2.96. The zero-order valence-corrected chi connectivity index (χ0v) is 12.7. The normalized spacial score (nSPS) is 11.0. The standard InChI is InChI=1S/C16H24N3/c1-6-7-8-15-11-19(17-18(15)5)16-13(3)9-12(2)10-14(16)4/h9-11H,6-8H2,1-5H3/q+1. The Morgan fingerprint density at radius 2 is 1.79 bits per heavy atom. The van der Waals surface area contributed by atoms with E-state index in [9.17, 15) is 0 Å². The summed E-state index contributed by atoms with van der Waals surface area (Å²) in [5.41, 5.74) is 6.37. The van der Waals surface area contributed by atoms with Crippen molar-refractivity contribution in [2.24, 2.45) is 7.05 Å². The molecular weight excluding hydrogens is 234 g/mol. The first-order valence-corrected chi connectivity index (χ1v) is 7.06. The van der Waals surface area contributed by atoms with Crippen molar-refractivity contribution in [2.45, 2.75) is 47.0 Å². The smallest absolute Gasteiger partial charge is 0.137 e. The average molecular weight is 258 g/mol. The summed E-state index contributed by atoms with van der Waals surface area (Å²) in [5.74, 6) is 0. The Balaban J connectivity index is 2.42. The Hall–Kier alpha value is -1.64. The van der Waals surface area contributed by atoms with E-state index in [4.69, 9.17) is 0 Å². The third-order valence-electron chi connectivity index (χ3n) is 3.57. The van der Waals surface area contributed by atoms with Gasteiger partial charge in [-0.05, 0) is 38.3 Å². The largest absolute Gasteiger partial charge is 0.167 e. The first-order valence-electron chi connectivity index (χ1n) is 7.06. The molecule has 1 heterocycles. The lowest BCUT2D eigenvalue weighted by Gasteiger charge is -2.05. The van der Waals surface area contributed by atoms with Gasteiger partial charge in [-0.3, -0.25) is 0 Å². The second-order valence-electron chi connectivity index (χ2n) is 5.43. The lowest BCUT2D eigenvalue weighted by Crippen LogP contribution is -2.35. The SMILES string of the molecule is CCCCc1c[n+](-c2c(C)cc(C)cc2C)nn1C. The quantitative estimate of drug-likeness (QED) is 0.773. The van der Waals surface area contributed by atoms with Gasteiger partial charge in [0.15, 0.2) is 17.6 Å². The minimum Gasteiger partial charge on any atom is -0.137 e. The van der Waals surface area contributed by atoms with E-state index in [1.807, 2.05) is 16.4 Å². The van der Waals surface area contributed by atoms with Gasteiger partial charge in [0, 0.05) is 6.42 Å². The van der Waals surface area contributed by atoms with Crippen molar-refractivity contribution < 1.29 is 4.68 Å². The molecule has 0 amide bonds. The molecule has 0 N–H and O–H groups in total. The van der Waals surface area contributed by atoms with Gasteiger partial charge in [0.1, 0.15) is 7.05 Å². The van der Waals surface area contributed by atoms with Crippen molar-refractivity contribution in [1.29, 1.82) is 0 Å². The number of aromatic nitrogens is 3. The fourth-order valence-corrected chi connectivity index (χ4v) is 2.68. The zero-order chi connectivity index (χ0) is 14.0. The van der Waals surface area contributed by atoms with Crippen LogP contribution in [0.2, 0.25) is 0 Å². The summed E-state index contributed by atoms with van der Waals surface area (Å²) in [4.78, 5) is 0. The van der Waals surface area contributed by atoms with Gasteiger partial charge in [-0.1, -0.05) is 31.0 Å². The molecule has 0 aliphatic carbocycles. The van der Waals surface area contributed by atoms with Crippen LogP contribution in [0.3, 0.4) is 0 Å². The summed E-state index contributed by atoms with van der Waals surface area (Å²) < 4.78 is 4.02. The first-order chi connectivity index (χ1) is 9.02. The molecule has 102 valence electrons. The molecule has 0 spiro atoms. The van der Waals surface area contributed by atoms with E-state index in [-0.39, 0.29) is 0 Å². The molecular formula is C16H24N3+. The van der Waals surface area contributed by atoms with Crippen molar-refractivity contribution >= 4 is 0 Å². The van der Waals surface area contributed by atoms with Crippen LogP contribution in [0.1, 0.15) is 42.1 Å². The number of unbranched alkanes of at least 4 members (excludes halogenated alkanes) is 1. The second-order valence-corrected chi connectivity index (χ2v) is 5.43. The molecule has 0 unspecified atom stereocenters. The molecule has 2 aromatic rings. The Kier molecular flexibility index (Phi) is 4.03. The molecule has 0 aliphatic heterocycles. The lowest BCUT2D eigenvalue weighted by atomic mass is 10.1. The highest BCUT2D eigenvalue weighted by molar-refractivity contribution is 5.42. The van der Waals surface area contributed by atoms with Crippen molar-refractivity contribution in [3.63, 3.8) is 0 Å². The van der Waals surface area contributed by atoms with Gasteiger partial charge < -0.3 is 0 Å². The van der Waals surface area contributed by atoms with E-state index in [0.29, 0.717) is 0 Å². The van der Waals surface area contributed by atoms with Crippen LogP contribution in [-0.2, 0) is 13.5 Å². The third kappa shape index (κ3) is 2.86. The van der Waals surface area contributed by atoms with Crippen LogP contribution in [0.5, 0.6) is 0 Å². The molecule has 3 nitrogen and oxygen atoms in total. The van der Waals surface area contributed by atoms with Crippen LogP contribution in [-0.4, -0.2) is 9.90 Å². The molecule has 3 heteroatoms. The molecule has 1 aromatic carbocycles. The van der Waals surface area contributed by atoms with Gasteiger partial charge >= 0.3 is 0 Å². The van der Waals surface area contributed by atoms with Crippen molar-refractivity contribution in [3.8, 4) is 5.69 Å². The number of hydrogen-bond acceptors (Lipinski definition) is 1. The van der Waals surface area contributed by atoms with E-state index in [1.165, 1.54) is 40.9 Å². The van der Waals surface area contributed by atoms with E-state index < -0.39 is 0 Å². The molecule has 0 saturated heterocycles. The zero-order valence-electron chi connectivity index (χ0n) is 12.7. The number of rotatable bonds is 4. The van der Waals surface area contributed by atoms with E-state index in [2.05, 4.69) is 51.2 Å². The minimum absolute atomic E-state index is 1.09. The second kappa shape index (κ2) is 5.55. The van der Waals surface area contributed by atoms with Gasteiger partial charge in [-0.15, -0.1) is 9.36 Å². The molecule has 0 saturated carbocycles. The summed E-state index contributed by atoms with van der Waals surface area (Å²) in [6, 6.07) is 4.44. The highest BCUT2D eigenvalue weighted by Gasteiger charge is 2.17. The van der Waals surface area contributed by atoms with Gasteiger partial charge in [0.25, 0.3) is 0 Å². The molecule has 0 radical (unpaired) electrons. The third-order valence-corrected chi connectivity index (χ3v) is 3.57. The summed E-state index contributed by atoms with van der Waals surface area (Å²) in [6.07, 6.45) is 5.69. The average Bonchev–Trinajstić information content (AvgIpc) is 2.66. The maximum Gasteiger partial charge on any atom is 0.167 e. The maximum atomic E-state index is 4.62. The summed E-state index contributed by atoms with van der Waals surface area (Å²) in [6.45, 7) is 8.67. The number of benzene rings is 1. The van der Waals surface area contributed by atoms with Gasteiger partial charge in [0.05, 0.1) is 5.21 Å². The van der Waals surface area contributed by atoms with Gasteiger partial charge in [0.2, 0.25) is 0 Å². The molecule has 2 rings (SSSR count).